The third-order valence-electron chi connectivity index (χ3n) is 4.20. The summed E-state index contributed by atoms with van der Waals surface area (Å²) in [4.78, 5) is 11.0. The second-order valence-corrected chi connectivity index (χ2v) is 6.30. The average molecular weight is 337 g/mol. The summed E-state index contributed by atoms with van der Waals surface area (Å²) in [6.07, 6.45) is 4.52. The molecule has 0 saturated heterocycles. The van der Waals surface area contributed by atoms with Crippen LogP contribution in [0.3, 0.4) is 0 Å². The third kappa shape index (κ3) is 2.82. The van der Waals surface area contributed by atoms with Crippen molar-refractivity contribution in [3.05, 3.63) is 77.3 Å². The second-order valence-electron chi connectivity index (χ2n) is 5.86. The lowest BCUT2D eigenvalue weighted by Gasteiger charge is -2.08. The Kier molecular flexibility index (Phi) is 3.84. The van der Waals surface area contributed by atoms with Crippen LogP contribution in [-0.2, 0) is 6.42 Å². The molecule has 4 aromatic rings. The molecule has 120 valence electrons. The van der Waals surface area contributed by atoms with Crippen molar-refractivity contribution in [2.24, 2.45) is 5.73 Å². The Morgan fingerprint density at radius 3 is 2.79 bits per heavy atom. The molecule has 0 spiro atoms. The largest absolute Gasteiger partial charge is 0.361 e. The Labute approximate surface area is 144 Å². The zero-order chi connectivity index (χ0) is 16.5. The van der Waals surface area contributed by atoms with Crippen LogP contribution < -0.4 is 5.73 Å². The molecule has 4 nitrogen and oxygen atoms in total. The summed E-state index contributed by atoms with van der Waals surface area (Å²) in [6.45, 7) is 0. The fraction of sp³-hybridized carbons (Fsp3) is 0.105. The summed E-state index contributed by atoms with van der Waals surface area (Å²) in [5.74, 6) is 0.789. The van der Waals surface area contributed by atoms with Crippen LogP contribution in [0.4, 0.5) is 0 Å². The lowest BCUT2D eigenvalue weighted by molar-refractivity contribution is 0.680. The molecule has 0 amide bonds. The molecule has 2 heterocycles. The van der Waals surface area contributed by atoms with Crippen LogP contribution in [0.5, 0.6) is 0 Å². The van der Waals surface area contributed by atoms with Gasteiger partial charge in [0.1, 0.15) is 5.82 Å². The van der Waals surface area contributed by atoms with E-state index in [2.05, 4.69) is 15.0 Å². The Morgan fingerprint density at radius 1 is 1.12 bits per heavy atom. The number of nitrogens with one attached hydrogen (secondary N) is 2. The van der Waals surface area contributed by atoms with E-state index in [9.17, 15) is 0 Å². The summed E-state index contributed by atoms with van der Waals surface area (Å²) in [5, 5.41) is 1.86. The van der Waals surface area contributed by atoms with Crippen molar-refractivity contribution < 1.29 is 0 Å². The molecule has 0 aliphatic carbocycles. The van der Waals surface area contributed by atoms with E-state index in [-0.39, 0.29) is 6.04 Å². The minimum atomic E-state index is -0.197. The van der Waals surface area contributed by atoms with Crippen molar-refractivity contribution in [3.8, 4) is 11.3 Å². The quantitative estimate of drug-likeness (QED) is 0.515. The van der Waals surface area contributed by atoms with Gasteiger partial charge in [0.05, 0.1) is 17.9 Å². The van der Waals surface area contributed by atoms with E-state index >= 15 is 0 Å². The van der Waals surface area contributed by atoms with Crippen LogP contribution in [0.2, 0.25) is 5.02 Å². The van der Waals surface area contributed by atoms with Gasteiger partial charge in [-0.15, -0.1) is 0 Å². The lowest BCUT2D eigenvalue weighted by atomic mass is 10.1. The molecule has 0 radical (unpaired) electrons. The van der Waals surface area contributed by atoms with Gasteiger partial charge in [0.2, 0.25) is 0 Å². The van der Waals surface area contributed by atoms with Crippen molar-refractivity contribution in [3.63, 3.8) is 0 Å². The summed E-state index contributed by atoms with van der Waals surface area (Å²) in [6, 6.07) is 15.7. The van der Waals surface area contributed by atoms with E-state index in [0.717, 1.165) is 38.6 Å². The predicted octanol–water partition coefficient (Wildman–Crippen LogP) is 4.45. The number of halogens is 1. The number of aromatic amines is 2. The van der Waals surface area contributed by atoms with Gasteiger partial charge >= 0.3 is 0 Å². The van der Waals surface area contributed by atoms with Crippen LogP contribution in [0.1, 0.15) is 17.4 Å². The molecular formula is C19H17ClN4. The standard InChI is InChI=1S/C19H17ClN4/c20-14-6-7-15-13(10-22-17(15)9-14)8-16(21)19-23-11-18(24-19)12-4-2-1-3-5-12/h1-7,9-11,16,22H,8,21H2,(H,23,24). The number of hydrogen-bond acceptors (Lipinski definition) is 2. The van der Waals surface area contributed by atoms with Crippen molar-refractivity contribution in [1.82, 2.24) is 15.0 Å². The molecule has 0 aliphatic rings. The van der Waals surface area contributed by atoms with Gasteiger partial charge in [-0.3, -0.25) is 0 Å². The normalized spacial score (nSPS) is 12.6. The van der Waals surface area contributed by atoms with Gasteiger partial charge in [-0.2, -0.15) is 0 Å². The van der Waals surface area contributed by atoms with Crippen LogP contribution in [0.15, 0.2) is 60.9 Å². The molecular weight excluding hydrogens is 320 g/mol. The van der Waals surface area contributed by atoms with Gasteiger partial charge in [0.15, 0.2) is 0 Å². The number of nitrogens with zero attached hydrogens (tertiary/aromatic N) is 1. The van der Waals surface area contributed by atoms with Gasteiger partial charge in [-0.25, -0.2) is 4.98 Å². The zero-order valence-corrected chi connectivity index (χ0v) is 13.7. The number of benzene rings is 2. The van der Waals surface area contributed by atoms with Crippen molar-refractivity contribution in [2.75, 3.05) is 0 Å². The highest BCUT2D eigenvalue weighted by atomic mass is 35.5. The highest BCUT2D eigenvalue weighted by Gasteiger charge is 2.14. The number of H-pyrrole nitrogens is 2. The van der Waals surface area contributed by atoms with Crippen LogP contribution in [0.25, 0.3) is 22.2 Å². The van der Waals surface area contributed by atoms with Gasteiger partial charge in [-0.1, -0.05) is 48.0 Å². The highest BCUT2D eigenvalue weighted by Crippen LogP contribution is 2.26. The van der Waals surface area contributed by atoms with Gasteiger partial charge in [0, 0.05) is 22.1 Å². The monoisotopic (exact) mass is 336 g/mol. The Hall–Kier alpha value is -2.56. The maximum absolute atomic E-state index is 6.36. The van der Waals surface area contributed by atoms with Crippen molar-refractivity contribution >= 4 is 22.5 Å². The van der Waals surface area contributed by atoms with Crippen molar-refractivity contribution in [2.45, 2.75) is 12.5 Å². The number of rotatable bonds is 4. The first kappa shape index (κ1) is 15.0. The van der Waals surface area contributed by atoms with E-state index in [0.29, 0.717) is 6.42 Å². The van der Waals surface area contributed by atoms with E-state index < -0.39 is 0 Å². The molecule has 4 rings (SSSR count). The summed E-state index contributed by atoms with van der Waals surface area (Å²) in [5.41, 5.74) is 10.6. The van der Waals surface area contributed by atoms with Gasteiger partial charge in [-0.05, 0) is 29.7 Å². The molecule has 5 heteroatoms. The molecule has 0 saturated carbocycles. The number of hydrogen-bond donors (Lipinski definition) is 3. The number of fused-ring (bicyclic) bond motifs is 1. The number of aromatic nitrogens is 3. The molecule has 2 aromatic heterocycles. The first-order valence-electron chi connectivity index (χ1n) is 7.82. The van der Waals surface area contributed by atoms with Gasteiger partial charge in [0.25, 0.3) is 0 Å². The summed E-state index contributed by atoms with van der Waals surface area (Å²) in [7, 11) is 0. The smallest absolute Gasteiger partial charge is 0.123 e. The SMILES string of the molecule is NC(Cc1c[nH]c2cc(Cl)ccc12)c1ncc(-c2ccccc2)[nH]1. The first-order valence-corrected chi connectivity index (χ1v) is 8.20. The van der Waals surface area contributed by atoms with E-state index in [4.69, 9.17) is 17.3 Å². The van der Waals surface area contributed by atoms with Crippen LogP contribution in [-0.4, -0.2) is 15.0 Å². The summed E-state index contributed by atoms with van der Waals surface area (Å²) < 4.78 is 0. The molecule has 0 aliphatic heterocycles. The molecule has 1 unspecified atom stereocenters. The average Bonchev–Trinajstić information content (AvgIpc) is 3.23. The fourth-order valence-corrected chi connectivity index (χ4v) is 3.12. The first-order chi connectivity index (χ1) is 11.7. The second kappa shape index (κ2) is 6.15. The fourth-order valence-electron chi connectivity index (χ4n) is 2.95. The lowest BCUT2D eigenvalue weighted by Crippen LogP contribution is -2.14. The topological polar surface area (TPSA) is 70.5 Å². The third-order valence-corrected chi connectivity index (χ3v) is 4.44. The minimum Gasteiger partial charge on any atom is -0.361 e. The highest BCUT2D eigenvalue weighted by molar-refractivity contribution is 6.31. The molecule has 2 aromatic carbocycles. The van der Waals surface area contributed by atoms with Crippen LogP contribution >= 0.6 is 11.6 Å². The zero-order valence-electron chi connectivity index (χ0n) is 13.0. The molecule has 4 N–H and O–H groups in total. The Bertz CT molecular complexity index is 971. The van der Waals surface area contributed by atoms with E-state index in [1.165, 1.54) is 0 Å². The molecule has 0 bridgehead atoms. The molecule has 1 atom stereocenters. The number of imidazole rings is 1. The van der Waals surface area contributed by atoms with E-state index in [1.54, 1.807) is 0 Å². The number of nitrogens with two attached hydrogens (primary N) is 1. The minimum absolute atomic E-state index is 0.197. The molecule has 0 fully saturated rings. The maximum atomic E-state index is 6.36. The van der Waals surface area contributed by atoms with Crippen molar-refractivity contribution in [1.29, 1.82) is 0 Å². The maximum Gasteiger partial charge on any atom is 0.123 e. The summed E-state index contributed by atoms with van der Waals surface area (Å²) >= 11 is 6.03. The van der Waals surface area contributed by atoms with Crippen LogP contribution in [0, 0.1) is 0 Å². The predicted molar refractivity (Wildman–Crippen MR) is 98.0 cm³/mol. The van der Waals surface area contributed by atoms with E-state index in [1.807, 2.05) is 60.9 Å². The molecule has 24 heavy (non-hydrogen) atoms. The Balaban J connectivity index is 1.58. The Morgan fingerprint density at radius 2 is 1.96 bits per heavy atom. The van der Waals surface area contributed by atoms with Gasteiger partial charge < -0.3 is 15.7 Å².